The van der Waals surface area contributed by atoms with E-state index in [1.54, 1.807) is 11.8 Å². The van der Waals surface area contributed by atoms with Gasteiger partial charge in [-0.3, -0.25) is 4.79 Å². The number of likely N-dealkylation sites (tertiary alicyclic amines) is 1. The first kappa shape index (κ1) is 12.5. The maximum Gasteiger partial charge on any atom is 0.244 e. The van der Waals surface area contributed by atoms with Crippen molar-refractivity contribution in [2.24, 2.45) is 11.7 Å². The Morgan fingerprint density at radius 2 is 2.47 bits per heavy atom. The number of aliphatic hydroxyl groups excluding tert-OH is 1. The summed E-state index contributed by atoms with van der Waals surface area (Å²) < 4.78 is 0. The van der Waals surface area contributed by atoms with E-state index in [-0.39, 0.29) is 17.9 Å². The van der Waals surface area contributed by atoms with Crippen molar-refractivity contribution >= 4 is 17.2 Å². The maximum atomic E-state index is 12.1. The minimum atomic E-state index is -0.553. The van der Waals surface area contributed by atoms with Crippen LogP contribution in [-0.4, -0.2) is 35.1 Å². The Balaban J connectivity index is 1.97. The van der Waals surface area contributed by atoms with Gasteiger partial charge < -0.3 is 15.7 Å². The molecule has 2 rings (SSSR count). The van der Waals surface area contributed by atoms with Gasteiger partial charge in [0.15, 0.2) is 0 Å². The predicted molar refractivity (Wildman–Crippen MR) is 67.6 cm³/mol. The van der Waals surface area contributed by atoms with Crippen LogP contribution in [0.5, 0.6) is 0 Å². The summed E-state index contributed by atoms with van der Waals surface area (Å²) in [6.07, 6.45) is 0.506. The molecule has 4 nitrogen and oxygen atoms in total. The number of thiophene rings is 1. The van der Waals surface area contributed by atoms with Crippen LogP contribution in [0.25, 0.3) is 0 Å². The lowest BCUT2D eigenvalue weighted by Gasteiger charge is -2.20. The number of carbonyl (C=O) groups is 1. The molecular formula is C12H18N2O2S. The molecule has 0 bridgehead atoms. The molecule has 1 saturated heterocycles. The lowest BCUT2D eigenvalue weighted by Crippen LogP contribution is -2.37. The summed E-state index contributed by atoms with van der Waals surface area (Å²) in [5.41, 5.74) is 5.94. The van der Waals surface area contributed by atoms with E-state index < -0.39 is 6.04 Å². The first-order chi connectivity index (χ1) is 8.09. The quantitative estimate of drug-likeness (QED) is 0.845. The van der Waals surface area contributed by atoms with Crippen molar-refractivity contribution in [1.29, 1.82) is 0 Å². The summed E-state index contributed by atoms with van der Waals surface area (Å²) in [6, 6.07) is 3.23. The zero-order chi connectivity index (χ0) is 12.4. The van der Waals surface area contributed by atoms with E-state index in [0.717, 1.165) is 11.3 Å². The van der Waals surface area contributed by atoms with Crippen LogP contribution >= 0.6 is 11.3 Å². The molecule has 0 radical (unpaired) electrons. The average Bonchev–Trinajstić information content (AvgIpc) is 2.97. The summed E-state index contributed by atoms with van der Waals surface area (Å²) >= 11 is 1.50. The van der Waals surface area contributed by atoms with Crippen LogP contribution in [0.2, 0.25) is 0 Å². The SMILES string of the molecule is CC(O)C1CCN(C(=O)C(N)c2cccs2)C1. The second kappa shape index (κ2) is 5.16. The Labute approximate surface area is 105 Å². The molecule has 0 aliphatic carbocycles. The van der Waals surface area contributed by atoms with Gasteiger partial charge in [0.25, 0.3) is 0 Å². The molecule has 1 aromatic heterocycles. The third-order valence-corrected chi connectivity index (χ3v) is 4.29. The number of hydrogen-bond acceptors (Lipinski definition) is 4. The average molecular weight is 254 g/mol. The molecule has 94 valence electrons. The Bertz CT molecular complexity index is 378. The van der Waals surface area contributed by atoms with Crippen LogP contribution in [0.3, 0.4) is 0 Å². The Kier molecular flexibility index (Phi) is 3.81. The normalized spacial score (nSPS) is 23.7. The molecule has 3 atom stereocenters. The standard InChI is InChI=1S/C12H18N2O2S/c1-8(15)9-4-5-14(7-9)12(16)11(13)10-3-2-6-17-10/h2-3,6,8-9,11,15H,4-5,7,13H2,1H3. The smallest absolute Gasteiger partial charge is 0.244 e. The van der Waals surface area contributed by atoms with E-state index in [1.807, 2.05) is 17.5 Å². The number of carbonyl (C=O) groups excluding carboxylic acids is 1. The fraction of sp³-hybridized carbons (Fsp3) is 0.583. The Hall–Kier alpha value is -0.910. The van der Waals surface area contributed by atoms with E-state index in [2.05, 4.69) is 0 Å². The summed E-state index contributed by atoms with van der Waals surface area (Å²) in [5, 5.41) is 11.4. The van der Waals surface area contributed by atoms with Crippen LogP contribution in [0, 0.1) is 5.92 Å². The zero-order valence-electron chi connectivity index (χ0n) is 9.87. The van der Waals surface area contributed by atoms with Crippen LogP contribution in [0.4, 0.5) is 0 Å². The summed E-state index contributed by atoms with van der Waals surface area (Å²) in [7, 11) is 0. The summed E-state index contributed by atoms with van der Waals surface area (Å²) in [6.45, 7) is 3.10. The molecule has 0 aromatic carbocycles. The summed E-state index contributed by atoms with van der Waals surface area (Å²) in [5.74, 6) is 0.157. The minimum Gasteiger partial charge on any atom is -0.393 e. The van der Waals surface area contributed by atoms with Crippen LogP contribution in [0.1, 0.15) is 24.3 Å². The molecule has 5 heteroatoms. The van der Waals surface area contributed by atoms with E-state index in [9.17, 15) is 9.90 Å². The number of amides is 1. The molecule has 1 aliphatic heterocycles. The van der Waals surface area contributed by atoms with Gasteiger partial charge in [0.2, 0.25) is 5.91 Å². The second-order valence-corrected chi connectivity index (χ2v) is 5.55. The van der Waals surface area contributed by atoms with Gasteiger partial charge in [0.1, 0.15) is 6.04 Å². The Morgan fingerprint density at radius 3 is 3.00 bits per heavy atom. The van der Waals surface area contributed by atoms with Crippen LogP contribution < -0.4 is 5.73 Å². The number of nitrogens with two attached hydrogens (primary N) is 1. The molecule has 1 aliphatic rings. The second-order valence-electron chi connectivity index (χ2n) is 4.57. The van der Waals surface area contributed by atoms with Gasteiger partial charge in [0.05, 0.1) is 6.10 Å². The molecule has 3 N–H and O–H groups in total. The topological polar surface area (TPSA) is 66.6 Å². The third kappa shape index (κ3) is 2.68. The number of rotatable bonds is 3. The number of hydrogen-bond donors (Lipinski definition) is 2. The highest BCUT2D eigenvalue weighted by molar-refractivity contribution is 7.10. The lowest BCUT2D eigenvalue weighted by molar-refractivity contribution is -0.131. The number of nitrogens with zero attached hydrogens (tertiary/aromatic N) is 1. The zero-order valence-corrected chi connectivity index (χ0v) is 10.7. The van der Waals surface area contributed by atoms with Crippen molar-refractivity contribution in [2.75, 3.05) is 13.1 Å². The van der Waals surface area contributed by atoms with E-state index in [4.69, 9.17) is 5.73 Å². The first-order valence-electron chi connectivity index (χ1n) is 5.85. The fourth-order valence-electron chi connectivity index (χ4n) is 2.17. The van der Waals surface area contributed by atoms with Gasteiger partial charge in [-0.2, -0.15) is 0 Å². The van der Waals surface area contributed by atoms with Crippen molar-refractivity contribution in [3.63, 3.8) is 0 Å². The molecule has 1 aromatic rings. The van der Waals surface area contributed by atoms with Crippen molar-refractivity contribution in [3.05, 3.63) is 22.4 Å². The molecular weight excluding hydrogens is 236 g/mol. The third-order valence-electron chi connectivity index (χ3n) is 3.33. The van der Waals surface area contributed by atoms with Crippen molar-refractivity contribution in [1.82, 2.24) is 4.90 Å². The highest BCUT2D eigenvalue weighted by atomic mass is 32.1. The summed E-state index contributed by atoms with van der Waals surface area (Å²) in [4.78, 5) is 14.8. The molecule has 1 amide bonds. The monoisotopic (exact) mass is 254 g/mol. The van der Waals surface area contributed by atoms with Gasteiger partial charge in [-0.15, -0.1) is 11.3 Å². The first-order valence-corrected chi connectivity index (χ1v) is 6.73. The lowest BCUT2D eigenvalue weighted by atomic mass is 10.0. The van der Waals surface area contributed by atoms with Crippen LogP contribution in [0.15, 0.2) is 17.5 Å². The number of aliphatic hydroxyl groups is 1. The molecule has 3 unspecified atom stereocenters. The van der Waals surface area contributed by atoms with E-state index >= 15 is 0 Å². The minimum absolute atomic E-state index is 0.0319. The molecule has 2 heterocycles. The molecule has 0 saturated carbocycles. The molecule has 17 heavy (non-hydrogen) atoms. The van der Waals surface area contributed by atoms with Crippen molar-refractivity contribution in [2.45, 2.75) is 25.5 Å². The van der Waals surface area contributed by atoms with Crippen molar-refractivity contribution in [3.8, 4) is 0 Å². The van der Waals surface area contributed by atoms with Gasteiger partial charge in [-0.25, -0.2) is 0 Å². The highest BCUT2D eigenvalue weighted by Gasteiger charge is 2.32. The largest absolute Gasteiger partial charge is 0.393 e. The van der Waals surface area contributed by atoms with Gasteiger partial charge >= 0.3 is 0 Å². The molecule has 1 fully saturated rings. The maximum absolute atomic E-state index is 12.1. The van der Waals surface area contributed by atoms with E-state index in [1.165, 1.54) is 11.3 Å². The van der Waals surface area contributed by atoms with Gasteiger partial charge in [-0.05, 0) is 24.8 Å². The highest BCUT2D eigenvalue weighted by Crippen LogP contribution is 2.24. The van der Waals surface area contributed by atoms with Gasteiger partial charge in [0, 0.05) is 23.9 Å². The van der Waals surface area contributed by atoms with Crippen LogP contribution in [-0.2, 0) is 4.79 Å². The predicted octanol–water partition coefficient (Wildman–Crippen LogP) is 0.977. The molecule has 0 spiro atoms. The Morgan fingerprint density at radius 1 is 1.71 bits per heavy atom. The fourth-order valence-corrected chi connectivity index (χ4v) is 2.89. The van der Waals surface area contributed by atoms with Crippen molar-refractivity contribution < 1.29 is 9.90 Å². The van der Waals surface area contributed by atoms with E-state index in [0.29, 0.717) is 13.1 Å². The van der Waals surface area contributed by atoms with Gasteiger partial charge in [-0.1, -0.05) is 6.07 Å².